The van der Waals surface area contributed by atoms with Gasteiger partial charge in [0.25, 0.3) is 0 Å². The molecule has 4 heteroatoms. The van der Waals surface area contributed by atoms with Crippen LogP contribution in [0.4, 0.5) is 4.39 Å². The number of nitrogens with one attached hydrogen (secondary N) is 1. The number of phenols is 2. The zero-order valence-corrected chi connectivity index (χ0v) is 9.04. The van der Waals surface area contributed by atoms with Gasteiger partial charge in [-0.3, -0.25) is 0 Å². The molecule has 1 aromatic rings. The summed E-state index contributed by atoms with van der Waals surface area (Å²) in [5, 5.41) is 22.1. The number of rotatable bonds is 2. The molecular formula is C12H16FNO2. The number of hydrogen-bond acceptors (Lipinski definition) is 3. The number of piperidine rings is 1. The van der Waals surface area contributed by atoms with Crippen molar-refractivity contribution in [1.82, 2.24) is 5.32 Å². The van der Waals surface area contributed by atoms with Crippen LogP contribution in [0.3, 0.4) is 0 Å². The smallest absolute Gasteiger partial charge is 0.168 e. The van der Waals surface area contributed by atoms with Crippen LogP contribution >= 0.6 is 0 Å². The number of phenolic OH excluding ortho intramolecular Hbond substituents is 2. The average molecular weight is 225 g/mol. The molecule has 1 heterocycles. The van der Waals surface area contributed by atoms with Crippen LogP contribution in [0, 0.1) is 11.7 Å². The van der Waals surface area contributed by atoms with Crippen LogP contribution in [0.1, 0.15) is 18.4 Å². The lowest BCUT2D eigenvalue weighted by atomic mass is 9.92. The van der Waals surface area contributed by atoms with Crippen LogP contribution in [0.2, 0.25) is 0 Å². The lowest BCUT2D eigenvalue weighted by Crippen LogP contribution is -2.30. The Morgan fingerprint density at radius 3 is 2.81 bits per heavy atom. The molecule has 1 fully saturated rings. The third-order valence-corrected chi connectivity index (χ3v) is 3.06. The van der Waals surface area contributed by atoms with E-state index in [2.05, 4.69) is 5.32 Å². The Morgan fingerprint density at radius 1 is 1.31 bits per heavy atom. The van der Waals surface area contributed by atoms with Gasteiger partial charge in [0.15, 0.2) is 11.6 Å². The number of hydrogen-bond donors (Lipinski definition) is 3. The van der Waals surface area contributed by atoms with Gasteiger partial charge in [-0.25, -0.2) is 4.39 Å². The van der Waals surface area contributed by atoms with Crippen LogP contribution in [0.15, 0.2) is 12.1 Å². The van der Waals surface area contributed by atoms with Crippen LogP contribution in [-0.4, -0.2) is 23.3 Å². The second-order valence-electron chi connectivity index (χ2n) is 4.35. The summed E-state index contributed by atoms with van der Waals surface area (Å²) in [5.41, 5.74) is 0.618. The first-order valence-corrected chi connectivity index (χ1v) is 5.58. The summed E-state index contributed by atoms with van der Waals surface area (Å²) in [6.07, 6.45) is 2.90. The molecule has 1 atom stereocenters. The van der Waals surface area contributed by atoms with Crippen LogP contribution in [-0.2, 0) is 6.42 Å². The maximum absolute atomic E-state index is 12.9. The number of halogens is 1. The Labute approximate surface area is 93.9 Å². The molecule has 2 rings (SSSR count). The zero-order valence-electron chi connectivity index (χ0n) is 9.04. The molecule has 1 aliphatic rings. The van der Waals surface area contributed by atoms with Crippen LogP contribution in [0.5, 0.6) is 11.5 Å². The molecular weight excluding hydrogens is 209 g/mol. The molecule has 1 unspecified atom stereocenters. The fraction of sp³-hybridized carbons (Fsp3) is 0.500. The minimum atomic E-state index is -0.775. The summed E-state index contributed by atoms with van der Waals surface area (Å²) in [6.45, 7) is 1.95. The standard InChI is InChI=1S/C12H16FNO2/c13-10-6-11(15)9(5-12(10)16)4-8-2-1-3-14-7-8/h5-6,8,14-16H,1-4,7H2. The first-order chi connectivity index (χ1) is 7.66. The molecule has 0 aromatic heterocycles. The summed E-state index contributed by atoms with van der Waals surface area (Å²) in [7, 11) is 0. The summed E-state index contributed by atoms with van der Waals surface area (Å²) in [5.74, 6) is -0.787. The van der Waals surface area contributed by atoms with E-state index in [1.165, 1.54) is 6.07 Å². The molecule has 0 radical (unpaired) electrons. The van der Waals surface area contributed by atoms with Crippen molar-refractivity contribution in [1.29, 1.82) is 0 Å². The second-order valence-corrected chi connectivity index (χ2v) is 4.35. The average Bonchev–Trinajstić information content (AvgIpc) is 2.27. The molecule has 0 amide bonds. The van der Waals surface area contributed by atoms with Crippen molar-refractivity contribution in [2.24, 2.45) is 5.92 Å². The highest BCUT2D eigenvalue weighted by atomic mass is 19.1. The molecule has 3 N–H and O–H groups in total. The van der Waals surface area contributed by atoms with Gasteiger partial charge in [-0.05, 0) is 49.9 Å². The van der Waals surface area contributed by atoms with Gasteiger partial charge in [0.05, 0.1) is 0 Å². The van der Waals surface area contributed by atoms with Gasteiger partial charge < -0.3 is 15.5 Å². The topological polar surface area (TPSA) is 52.5 Å². The predicted molar refractivity (Wildman–Crippen MR) is 59.0 cm³/mol. The molecule has 88 valence electrons. The van der Waals surface area contributed by atoms with E-state index >= 15 is 0 Å². The normalized spacial score (nSPS) is 20.9. The Hall–Kier alpha value is -1.29. The van der Waals surface area contributed by atoms with E-state index in [0.29, 0.717) is 17.9 Å². The van der Waals surface area contributed by atoms with E-state index in [-0.39, 0.29) is 5.75 Å². The highest BCUT2D eigenvalue weighted by Crippen LogP contribution is 2.29. The van der Waals surface area contributed by atoms with Gasteiger partial charge in [0, 0.05) is 6.07 Å². The highest BCUT2D eigenvalue weighted by molar-refractivity contribution is 5.40. The van der Waals surface area contributed by atoms with Crippen molar-refractivity contribution in [2.75, 3.05) is 13.1 Å². The molecule has 1 saturated heterocycles. The van der Waals surface area contributed by atoms with E-state index in [1.54, 1.807) is 0 Å². The molecule has 0 spiro atoms. The molecule has 16 heavy (non-hydrogen) atoms. The Balaban J connectivity index is 2.11. The van der Waals surface area contributed by atoms with Gasteiger partial charge in [0.1, 0.15) is 5.75 Å². The molecule has 1 aliphatic heterocycles. The fourth-order valence-corrected chi connectivity index (χ4v) is 2.17. The quantitative estimate of drug-likeness (QED) is 0.672. The molecule has 0 bridgehead atoms. The molecule has 0 aliphatic carbocycles. The summed E-state index contributed by atoms with van der Waals surface area (Å²) in [4.78, 5) is 0. The lowest BCUT2D eigenvalue weighted by molar-refractivity contribution is 0.366. The van der Waals surface area contributed by atoms with Crippen molar-refractivity contribution in [2.45, 2.75) is 19.3 Å². The molecule has 3 nitrogen and oxygen atoms in total. The largest absolute Gasteiger partial charge is 0.508 e. The summed E-state index contributed by atoms with van der Waals surface area (Å²) in [6, 6.07) is 2.29. The predicted octanol–water partition coefficient (Wildman–Crippen LogP) is 1.78. The van der Waals surface area contributed by atoms with Gasteiger partial charge in [-0.2, -0.15) is 0 Å². The number of benzene rings is 1. The van der Waals surface area contributed by atoms with Crippen molar-refractivity contribution in [3.8, 4) is 11.5 Å². The van der Waals surface area contributed by atoms with Gasteiger partial charge in [0.2, 0.25) is 0 Å². The minimum absolute atomic E-state index is 0.0686. The Kier molecular flexibility index (Phi) is 3.29. The van der Waals surface area contributed by atoms with E-state index in [4.69, 9.17) is 0 Å². The first kappa shape index (κ1) is 11.2. The SMILES string of the molecule is Oc1cc(CC2CCCNC2)c(O)cc1F. The lowest BCUT2D eigenvalue weighted by Gasteiger charge is -2.23. The van der Waals surface area contributed by atoms with Gasteiger partial charge in [-0.15, -0.1) is 0 Å². The van der Waals surface area contributed by atoms with Crippen molar-refractivity contribution in [3.63, 3.8) is 0 Å². The van der Waals surface area contributed by atoms with E-state index in [9.17, 15) is 14.6 Å². The zero-order chi connectivity index (χ0) is 11.5. The first-order valence-electron chi connectivity index (χ1n) is 5.58. The summed E-state index contributed by atoms with van der Waals surface area (Å²) >= 11 is 0. The minimum Gasteiger partial charge on any atom is -0.508 e. The van der Waals surface area contributed by atoms with E-state index in [0.717, 1.165) is 32.0 Å². The third kappa shape index (κ3) is 2.44. The van der Waals surface area contributed by atoms with Crippen molar-refractivity contribution >= 4 is 0 Å². The highest BCUT2D eigenvalue weighted by Gasteiger charge is 2.16. The third-order valence-electron chi connectivity index (χ3n) is 3.06. The summed E-state index contributed by atoms with van der Waals surface area (Å²) < 4.78 is 12.9. The van der Waals surface area contributed by atoms with Gasteiger partial charge >= 0.3 is 0 Å². The van der Waals surface area contributed by atoms with Crippen molar-refractivity contribution < 1.29 is 14.6 Å². The Bertz CT molecular complexity index is 376. The maximum Gasteiger partial charge on any atom is 0.168 e. The van der Waals surface area contributed by atoms with Crippen molar-refractivity contribution in [3.05, 3.63) is 23.5 Å². The monoisotopic (exact) mass is 225 g/mol. The Morgan fingerprint density at radius 2 is 2.12 bits per heavy atom. The van der Waals surface area contributed by atoms with Crippen LogP contribution < -0.4 is 5.32 Å². The fourth-order valence-electron chi connectivity index (χ4n) is 2.17. The molecule has 0 saturated carbocycles. The molecule has 1 aromatic carbocycles. The van der Waals surface area contributed by atoms with E-state index < -0.39 is 11.6 Å². The number of aromatic hydroxyl groups is 2. The van der Waals surface area contributed by atoms with E-state index in [1.807, 2.05) is 0 Å². The van der Waals surface area contributed by atoms with Crippen LogP contribution in [0.25, 0.3) is 0 Å². The second kappa shape index (κ2) is 4.70. The maximum atomic E-state index is 12.9. The van der Waals surface area contributed by atoms with Gasteiger partial charge in [-0.1, -0.05) is 0 Å².